The largest absolute Gasteiger partial charge is 0.374 e. The van der Waals surface area contributed by atoms with E-state index in [1.807, 2.05) is 0 Å². The van der Waals surface area contributed by atoms with Crippen LogP contribution in [-0.2, 0) is 16.9 Å². The lowest BCUT2D eigenvalue weighted by molar-refractivity contribution is -0.117. The highest BCUT2D eigenvalue weighted by Gasteiger charge is 2.39. The van der Waals surface area contributed by atoms with Crippen LogP contribution >= 0.6 is 0 Å². The number of anilines is 1. The summed E-state index contributed by atoms with van der Waals surface area (Å²) >= 11 is 0. The molecule has 0 aliphatic heterocycles. The van der Waals surface area contributed by atoms with Gasteiger partial charge in [0.15, 0.2) is 5.82 Å². The molecule has 2 aromatic rings. The van der Waals surface area contributed by atoms with Gasteiger partial charge >= 0.3 is 0 Å². The van der Waals surface area contributed by atoms with Gasteiger partial charge in [0.1, 0.15) is 12.0 Å². The number of hydrogen-bond donors (Lipinski definition) is 4. The van der Waals surface area contributed by atoms with Crippen LogP contribution in [0.2, 0.25) is 0 Å². The fourth-order valence-electron chi connectivity index (χ4n) is 4.37. The summed E-state index contributed by atoms with van der Waals surface area (Å²) in [7, 11) is 0. The van der Waals surface area contributed by atoms with E-state index >= 15 is 0 Å². The topological polar surface area (TPSA) is 129 Å². The SMILES string of the molecule is N#CCC1(n2cc(C(N)O)c(NC(=O)C3CC3)n2)CCC(NCc2ccc(F)cc2)CC1. The number of carbonyl (C=O) groups excluding carboxylic acids is 1. The number of aromatic nitrogens is 2. The van der Waals surface area contributed by atoms with Crippen LogP contribution in [0.25, 0.3) is 0 Å². The van der Waals surface area contributed by atoms with Crippen molar-refractivity contribution < 1.29 is 14.3 Å². The number of rotatable bonds is 8. The quantitative estimate of drug-likeness (QED) is 0.467. The standard InChI is InChI=1S/C23H29FN6O2/c24-17-5-1-15(2-6-17)13-27-18-7-9-23(10-8-18,11-12-25)30-14-19(20(26)31)21(29-30)28-22(32)16-3-4-16/h1-2,5-6,14,16,18,20,27,31H,3-4,7-11,13,26H2,(H,28,29,32). The van der Waals surface area contributed by atoms with Gasteiger partial charge < -0.3 is 21.5 Å². The van der Waals surface area contributed by atoms with E-state index in [0.717, 1.165) is 44.1 Å². The monoisotopic (exact) mass is 440 g/mol. The minimum Gasteiger partial charge on any atom is -0.374 e. The summed E-state index contributed by atoms with van der Waals surface area (Å²) in [6.07, 6.45) is 5.51. The molecule has 1 amide bonds. The van der Waals surface area contributed by atoms with Crippen LogP contribution in [0, 0.1) is 23.1 Å². The summed E-state index contributed by atoms with van der Waals surface area (Å²) in [6.45, 7) is 0.652. The molecule has 1 heterocycles. The Kier molecular flexibility index (Phi) is 6.55. The maximum atomic E-state index is 13.1. The van der Waals surface area contributed by atoms with E-state index in [1.54, 1.807) is 23.0 Å². The fourth-order valence-corrected chi connectivity index (χ4v) is 4.37. The first-order chi connectivity index (χ1) is 15.4. The number of nitrogens with zero attached hydrogens (tertiary/aromatic N) is 3. The van der Waals surface area contributed by atoms with Crippen molar-refractivity contribution in [1.82, 2.24) is 15.1 Å². The van der Waals surface area contributed by atoms with Gasteiger partial charge in [0.2, 0.25) is 5.91 Å². The molecule has 0 bridgehead atoms. The summed E-state index contributed by atoms with van der Waals surface area (Å²) in [5.41, 5.74) is 6.57. The third kappa shape index (κ3) is 4.99. The molecule has 8 nitrogen and oxygen atoms in total. The van der Waals surface area contributed by atoms with Crippen LogP contribution in [-0.4, -0.2) is 26.8 Å². The predicted molar refractivity (Wildman–Crippen MR) is 116 cm³/mol. The van der Waals surface area contributed by atoms with Gasteiger partial charge in [0, 0.05) is 24.7 Å². The number of hydrogen-bond acceptors (Lipinski definition) is 6. The van der Waals surface area contributed by atoms with Crippen molar-refractivity contribution >= 4 is 11.7 Å². The van der Waals surface area contributed by atoms with Gasteiger partial charge in [-0.1, -0.05) is 12.1 Å². The molecule has 4 rings (SSSR count). The molecule has 0 radical (unpaired) electrons. The van der Waals surface area contributed by atoms with Gasteiger partial charge in [0.05, 0.1) is 23.6 Å². The van der Waals surface area contributed by atoms with Gasteiger partial charge in [-0.15, -0.1) is 0 Å². The number of nitrogens with two attached hydrogens (primary N) is 1. The van der Waals surface area contributed by atoms with Crippen molar-refractivity contribution in [2.24, 2.45) is 11.7 Å². The van der Waals surface area contributed by atoms with Gasteiger partial charge in [-0.25, -0.2) is 4.39 Å². The summed E-state index contributed by atoms with van der Waals surface area (Å²) < 4.78 is 14.8. The first-order valence-corrected chi connectivity index (χ1v) is 11.1. The van der Waals surface area contributed by atoms with E-state index in [-0.39, 0.29) is 35.9 Å². The molecule has 0 spiro atoms. The van der Waals surface area contributed by atoms with E-state index in [4.69, 9.17) is 5.73 Å². The Bertz CT molecular complexity index is 985. The lowest BCUT2D eigenvalue weighted by atomic mass is 9.77. The highest BCUT2D eigenvalue weighted by molar-refractivity contribution is 5.93. The summed E-state index contributed by atoms with van der Waals surface area (Å²) in [5.74, 6) is -0.0915. The minimum atomic E-state index is -1.27. The van der Waals surface area contributed by atoms with E-state index in [2.05, 4.69) is 21.8 Å². The van der Waals surface area contributed by atoms with Crippen LogP contribution in [0.1, 0.15) is 62.3 Å². The van der Waals surface area contributed by atoms with Gasteiger partial charge in [-0.3, -0.25) is 9.48 Å². The Morgan fingerprint density at radius 1 is 1.31 bits per heavy atom. The Balaban J connectivity index is 1.45. The zero-order valence-electron chi connectivity index (χ0n) is 17.9. The molecule has 2 fully saturated rings. The maximum absolute atomic E-state index is 13.1. The molecule has 32 heavy (non-hydrogen) atoms. The van der Waals surface area contributed by atoms with Gasteiger partial charge in [-0.05, 0) is 56.2 Å². The molecule has 170 valence electrons. The summed E-state index contributed by atoms with van der Waals surface area (Å²) in [5, 5.41) is 30.4. The number of carbonyl (C=O) groups is 1. The van der Waals surface area contributed by atoms with Crippen LogP contribution < -0.4 is 16.4 Å². The molecule has 1 atom stereocenters. The Morgan fingerprint density at radius 2 is 2.00 bits per heavy atom. The molecule has 0 saturated heterocycles. The fraction of sp³-hybridized carbons (Fsp3) is 0.522. The van der Waals surface area contributed by atoms with Crippen LogP contribution in [0.5, 0.6) is 0 Å². The number of amides is 1. The van der Waals surface area contributed by atoms with Crippen LogP contribution in [0.3, 0.4) is 0 Å². The van der Waals surface area contributed by atoms with Crippen molar-refractivity contribution in [3.63, 3.8) is 0 Å². The molecule has 2 saturated carbocycles. The number of aliphatic hydroxyl groups excluding tert-OH is 1. The first-order valence-electron chi connectivity index (χ1n) is 11.1. The van der Waals surface area contributed by atoms with Crippen molar-refractivity contribution in [3.8, 4) is 6.07 Å². The number of nitriles is 1. The number of nitrogens with one attached hydrogen (secondary N) is 2. The van der Waals surface area contributed by atoms with Gasteiger partial charge in [-0.2, -0.15) is 10.4 Å². The third-order valence-electron chi connectivity index (χ3n) is 6.57. The minimum absolute atomic E-state index is 0.00129. The Morgan fingerprint density at radius 3 is 2.59 bits per heavy atom. The van der Waals surface area contributed by atoms with Crippen LogP contribution in [0.4, 0.5) is 10.2 Å². The van der Waals surface area contributed by atoms with Crippen molar-refractivity contribution in [3.05, 3.63) is 47.4 Å². The average Bonchev–Trinajstić information content (AvgIpc) is 3.54. The average molecular weight is 441 g/mol. The molecule has 1 aromatic carbocycles. The van der Waals surface area contributed by atoms with E-state index in [9.17, 15) is 19.6 Å². The molecule has 9 heteroatoms. The Labute approximate surface area is 186 Å². The third-order valence-corrected chi connectivity index (χ3v) is 6.57. The number of aliphatic hydroxyl groups is 1. The van der Waals surface area contributed by atoms with Crippen LogP contribution in [0.15, 0.2) is 30.5 Å². The lowest BCUT2D eigenvalue weighted by Gasteiger charge is -2.39. The second-order valence-corrected chi connectivity index (χ2v) is 8.93. The van der Waals surface area contributed by atoms with Crippen molar-refractivity contribution in [2.75, 3.05) is 5.32 Å². The molecule has 1 aromatic heterocycles. The van der Waals surface area contributed by atoms with E-state index < -0.39 is 11.8 Å². The molecule has 2 aliphatic rings. The van der Waals surface area contributed by atoms with Gasteiger partial charge in [0.25, 0.3) is 0 Å². The molecule has 2 aliphatic carbocycles. The maximum Gasteiger partial charge on any atom is 0.228 e. The second kappa shape index (κ2) is 9.36. The predicted octanol–water partition coefficient (Wildman–Crippen LogP) is 2.66. The summed E-state index contributed by atoms with van der Waals surface area (Å²) in [6, 6.07) is 9.01. The molecular formula is C23H29FN6O2. The normalized spacial score (nSPS) is 24.0. The lowest BCUT2D eigenvalue weighted by Crippen LogP contribution is -2.43. The summed E-state index contributed by atoms with van der Waals surface area (Å²) in [4.78, 5) is 12.2. The van der Waals surface area contributed by atoms with Crippen molar-refractivity contribution in [2.45, 2.75) is 69.3 Å². The van der Waals surface area contributed by atoms with E-state index in [1.165, 1.54) is 12.1 Å². The number of halogens is 1. The zero-order chi connectivity index (χ0) is 22.7. The number of benzene rings is 1. The first kappa shape index (κ1) is 22.4. The molecule has 1 unspecified atom stereocenters. The molecule has 5 N–H and O–H groups in total. The van der Waals surface area contributed by atoms with E-state index in [0.29, 0.717) is 12.1 Å². The Hall–Kier alpha value is -2.80. The highest BCUT2D eigenvalue weighted by Crippen LogP contribution is 2.39. The smallest absolute Gasteiger partial charge is 0.228 e. The zero-order valence-corrected chi connectivity index (χ0v) is 17.9. The van der Waals surface area contributed by atoms with Crippen molar-refractivity contribution in [1.29, 1.82) is 5.26 Å². The molecular weight excluding hydrogens is 411 g/mol. The second-order valence-electron chi connectivity index (χ2n) is 8.93. The highest BCUT2D eigenvalue weighted by atomic mass is 19.1.